The molecule has 0 aliphatic carbocycles. The number of benzene rings is 2. The van der Waals surface area contributed by atoms with Gasteiger partial charge in [-0.15, -0.1) is 0 Å². The quantitative estimate of drug-likeness (QED) is 0.909. The standard InChI is InChI=1S/C17H18O3S/c1-11(16(17(19)20)10-21-12(2)18)14-9-5-7-13-6-3-4-8-15(13)14/h3-9,11,16H,10H2,1-2H3,(H,19,20)/t11-,16-/m0/s1. The van der Waals surface area contributed by atoms with Crippen molar-refractivity contribution in [3.63, 3.8) is 0 Å². The summed E-state index contributed by atoms with van der Waals surface area (Å²) in [5, 5.41) is 11.6. The number of thioether (sulfide) groups is 1. The lowest BCUT2D eigenvalue weighted by Gasteiger charge is -2.21. The van der Waals surface area contributed by atoms with E-state index in [-0.39, 0.29) is 11.0 Å². The van der Waals surface area contributed by atoms with E-state index < -0.39 is 11.9 Å². The van der Waals surface area contributed by atoms with Crippen molar-refractivity contribution in [2.75, 3.05) is 5.75 Å². The average Bonchev–Trinajstić information content (AvgIpc) is 2.46. The van der Waals surface area contributed by atoms with Crippen molar-refractivity contribution in [3.05, 3.63) is 48.0 Å². The summed E-state index contributed by atoms with van der Waals surface area (Å²) in [4.78, 5) is 22.7. The zero-order valence-corrected chi connectivity index (χ0v) is 12.9. The molecule has 21 heavy (non-hydrogen) atoms. The fraction of sp³-hybridized carbons (Fsp3) is 0.294. The minimum absolute atomic E-state index is 0.0497. The summed E-state index contributed by atoms with van der Waals surface area (Å²) in [6, 6.07) is 13.9. The van der Waals surface area contributed by atoms with Gasteiger partial charge in [0.1, 0.15) is 0 Å². The normalized spacial score (nSPS) is 13.8. The Balaban J connectivity index is 2.36. The van der Waals surface area contributed by atoms with E-state index in [1.807, 2.05) is 49.4 Å². The fourth-order valence-electron chi connectivity index (χ4n) is 2.50. The van der Waals surface area contributed by atoms with Crippen molar-refractivity contribution in [1.29, 1.82) is 0 Å². The van der Waals surface area contributed by atoms with Crippen LogP contribution in [0.15, 0.2) is 42.5 Å². The van der Waals surface area contributed by atoms with E-state index >= 15 is 0 Å². The number of carboxylic acids is 1. The van der Waals surface area contributed by atoms with Crippen LogP contribution in [0.2, 0.25) is 0 Å². The molecule has 0 fully saturated rings. The van der Waals surface area contributed by atoms with Crippen molar-refractivity contribution < 1.29 is 14.7 Å². The Labute approximate surface area is 128 Å². The molecule has 4 heteroatoms. The maximum absolute atomic E-state index is 11.5. The predicted octanol–water partition coefficient (Wildman–Crippen LogP) is 3.92. The van der Waals surface area contributed by atoms with Crippen LogP contribution in [-0.4, -0.2) is 21.9 Å². The van der Waals surface area contributed by atoms with Crippen LogP contribution in [0.3, 0.4) is 0 Å². The van der Waals surface area contributed by atoms with Crippen molar-refractivity contribution in [1.82, 2.24) is 0 Å². The average molecular weight is 302 g/mol. The first kappa shape index (κ1) is 15.6. The molecule has 0 unspecified atom stereocenters. The van der Waals surface area contributed by atoms with Gasteiger partial charge in [0, 0.05) is 12.7 Å². The SMILES string of the molecule is CC(=O)SC[C@H](C(=O)O)[C@@H](C)c1cccc2ccccc12. The van der Waals surface area contributed by atoms with E-state index in [4.69, 9.17) is 0 Å². The topological polar surface area (TPSA) is 54.4 Å². The van der Waals surface area contributed by atoms with Crippen LogP contribution < -0.4 is 0 Å². The number of hydrogen-bond acceptors (Lipinski definition) is 3. The van der Waals surface area contributed by atoms with Crippen molar-refractivity contribution in [3.8, 4) is 0 Å². The summed E-state index contributed by atoms with van der Waals surface area (Å²) in [6.45, 7) is 3.38. The zero-order valence-electron chi connectivity index (χ0n) is 12.1. The molecule has 0 amide bonds. The molecule has 2 rings (SSSR count). The fourth-order valence-corrected chi connectivity index (χ4v) is 3.35. The van der Waals surface area contributed by atoms with Gasteiger partial charge in [-0.2, -0.15) is 0 Å². The lowest BCUT2D eigenvalue weighted by Crippen LogP contribution is -2.23. The third kappa shape index (κ3) is 3.64. The lowest BCUT2D eigenvalue weighted by atomic mass is 9.86. The Morgan fingerprint density at radius 3 is 2.48 bits per heavy atom. The highest BCUT2D eigenvalue weighted by molar-refractivity contribution is 8.13. The van der Waals surface area contributed by atoms with Gasteiger partial charge in [0.25, 0.3) is 0 Å². The largest absolute Gasteiger partial charge is 0.481 e. The Bertz CT molecular complexity index is 661. The molecule has 0 saturated heterocycles. The highest BCUT2D eigenvalue weighted by Crippen LogP contribution is 2.32. The van der Waals surface area contributed by atoms with Crippen LogP contribution in [-0.2, 0) is 9.59 Å². The van der Waals surface area contributed by atoms with Crippen molar-refractivity contribution in [2.24, 2.45) is 5.92 Å². The van der Waals surface area contributed by atoms with E-state index in [1.165, 1.54) is 6.92 Å². The first-order valence-corrected chi connectivity index (χ1v) is 7.83. The van der Waals surface area contributed by atoms with Gasteiger partial charge >= 0.3 is 5.97 Å². The Kier molecular flexibility index (Phi) is 5.02. The molecule has 110 valence electrons. The minimum atomic E-state index is -0.857. The first-order chi connectivity index (χ1) is 10.0. The molecule has 0 bridgehead atoms. The zero-order chi connectivity index (χ0) is 15.4. The van der Waals surface area contributed by atoms with Gasteiger partial charge in [-0.1, -0.05) is 61.2 Å². The molecule has 0 aliphatic heterocycles. The van der Waals surface area contributed by atoms with Crippen LogP contribution in [0.1, 0.15) is 25.3 Å². The monoisotopic (exact) mass is 302 g/mol. The number of hydrogen-bond donors (Lipinski definition) is 1. The molecule has 2 atom stereocenters. The van der Waals surface area contributed by atoms with E-state index in [9.17, 15) is 14.7 Å². The number of aliphatic carboxylic acids is 1. The molecule has 1 N–H and O–H groups in total. The summed E-state index contributed by atoms with van der Waals surface area (Å²) in [6.07, 6.45) is 0. The van der Waals surface area contributed by atoms with E-state index in [1.54, 1.807) is 0 Å². The molecule has 2 aromatic carbocycles. The molecule has 0 saturated carbocycles. The smallest absolute Gasteiger partial charge is 0.307 e. The Morgan fingerprint density at radius 2 is 1.81 bits per heavy atom. The summed E-state index contributed by atoms with van der Waals surface area (Å²) < 4.78 is 0. The molecule has 0 heterocycles. The minimum Gasteiger partial charge on any atom is -0.481 e. The predicted molar refractivity (Wildman–Crippen MR) is 86.6 cm³/mol. The molecule has 0 aliphatic rings. The third-order valence-electron chi connectivity index (χ3n) is 3.70. The third-order valence-corrected chi connectivity index (χ3v) is 4.63. The van der Waals surface area contributed by atoms with Crippen LogP contribution in [0, 0.1) is 5.92 Å². The number of rotatable bonds is 5. The summed E-state index contributed by atoms with van der Waals surface area (Å²) in [7, 11) is 0. The van der Waals surface area contributed by atoms with Crippen molar-refractivity contribution >= 4 is 33.6 Å². The van der Waals surface area contributed by atoms with Gasteiger partial charge < -0.3 is 5.11 Å². The van der Waals surface area contributed by atoms with Gasteiger partial charge in [-0.3, -0.25) is 9.59 Å². The molecule has 0 aromatic heterocycles. The van der Waals surface area contributed by atoms with Crippen molar-refractivity contribution in [2.45, 2.75) is 19.8 Å². The summed E-state index contributed by atoms with van der Waals surface area (Å²) in [5.41, 5.74) is 1.02. The number of fused-ring (bicyclic) bond motifs is 1. The molecule has 3 nitrogen and oxygen atoms in total. The van der Waals surface area contributed by atoms with Gasteiger partial charge in [-0.05, 0) is 22.3 Å². The molecule has 2 aromatic rings. The van der Waals surface area contributed by atoms with E-state index in [0.717, 1.165) is 28.1 Å². The van der Waals surface area contributed by atoms with Gasteiger partial charge in [0.05, 0.1) is 5.92 Å². The molecule has 0 radical (unpaired) electrons. The van der Waals surface area contributed by atoms with Gasteiger partial charge in [0.15, 0.2) is 5.12 Å². The van der Waals surface area contributed by atoms with E-state index in [2.05, 4.69) is 0 Å². The number of carbonyl (C=O) groups excluding carboxylic acids is 1. The maximum Gasteiger partial charge on any atom is 0.307 e. The lowest BCUT2D eigenvalue weighted by molar-refractivity contribution is -0.141. The molecular weight excluding hydrogens is 284 g/mol. The molecular formula is C17H18O3S. The number of carboxylic acid groups (broad SMARTS) is 1. The maximum atomic E-state index is 11.5. The second-order valence-electron chi connectivity index (χ2n) is 5.10. The molecule has 0 spiro atoms. The van der Waals surface area contributed by atoms with Crippen LogP contribution in [0.5, 0.6) is 0 Å². The summed E-state index contributed by atoms with van der Waals surface area (Å²) >= 11 is 1.08. The first-order valence-electron chi connectivity index (χ1n) is 6.84. The van der Waals surface area contributed by atoms with E-state index in [0.29, 0.717) is 5.75 Å². The van der Waals surface area contributed by atoms with Crippen LogP contribution >= 0.6 is 11.8 Å². The highest BCUT2D eigenvalue weighted by Gasteiger charge is 2.27. The Hall–Kier alpha value is -1.81. The van der Waals surface area contributed by atoms with Crippen LogP contribution in [0.4, 0.5) is 0 Å². The summed E-state index contributed by atoms with van der Waals surface area (Å²) in [5.74, 6) is -1.29. The second-order valence-corrected chi connectivity index (χ2v) is 6.30. The highest BCUT2D eigenvalue weighted by atomic mass is 32.2. The Morgan fingerprint density at radius 1 is 1.14 bits per heavy atom. The number of carbonyl (C=O) groups is 2. The van der Waals surface area contributed by atoms with Crippen LogP contribution in [0.25, 0.3) is 10.8 Å². The second kappa shape index (κ2) is 6.76. The van der Waals surface area contributed by atoms with Gasteiger partial charge in [0.2, 0.25) is 0 Å². The van der Waals surface area contributed by atoms with Gasteiger partial charge in [-0.25, -0.2) is 0 Å².